The summed E-state index contributed by atoms with van der Waals surface area (Å²) in [6.07, 6.45) is 4.08. The van der Waals surface area contributed by atoms with Gasteiger partial charge in [0.25, 0.3) is 0 Å². The average molecular weight is 188 g/mol. The minimum atomic E-state index is 0.878. The van der Waals surface area contributed by atoms with Gasteiger partial charge in [-0.05, 0) is 37.1 Å². The topological polar surface area (TPSA) is 9.23 Å². The summed E-state index contributed by atoms with van der Waals surface area (Å²) in [6.45, 7) is 7.96. The standard InChI is InChI=1S/C13H16O/c1-5-6-11-9-12(14-4)7-8-13(11)10(2)3/h5-9H,2H2,1,3-4H3/b6-5-. The van der Waals surface area contributed by atoms with Crippen LogP contribution in [0.1, 0.15) is 25.0 Å². The number of hydrogen-bond donors (Lipinski definition) is 0. The van der Waals surface area contributed by atoms with E-state index in [2.05, 4.69) is 12.7 Å². The zero-order valence-corrected chi connectivity index (χ0v) is 9.00. The molecule has 0 aliphatic heterocycles. The predicted molar refractivity (Wildman–Crippen MR) is 62.4 cm³/mol. The third-order valence-corrected chi connectivity index (χ3v) is 2.06. The highest BCUT2D eigenvalue weighted by Gasteiger charge is 2.01. The Kier molecular flexibility index (Phi) is 3.52. The van der Waals surface area contributed by atoms with Crippen LogP contribution in [0.5, 0.6) is 5.75 Å². The van der Waals surface area contributed by atoms with Crippen molar-refractivity contribution in [2.24, 2.45) is 0 Å². The number of hydrogen-bond acceptors (Lipinski definition) is 1. The highest BCUT2D eigenvalue weighted by Crippen LogP contribution is 2.23. The Labute approximate surface area is 85.7 Å². The molecule has 0 heterocycles. The first kappa shape index (κ1) is 10.6. The van der Waals surface area contributed by atoms with Crippen molar-refractivity contribution in [2.75, 3.05) is 7.11 Å². The molecule has 1 nitrogen and oxygen atoms in total. The molecule has 1 heteroatoms. The van der Waals surface area contributed by atoms with Crippen LogP contribution in [0.2, 0.25) is 0 Å². The second-order valence-electron chi connectivity index (χ2n) is 3.23. The number of ether oxygens (including phenoxy) is 1. The Morgan fingerprint density at radius 2 is 2.14 bits per heavy atom. The van der Waals surface area contributed by atoms with E-state index in [1.165, 1.54) is 5.56 Å². The molecule has 0 aromatic heterocycles. The predicted octanol–water partition coefficient (Wildman–Crippen LogP) is 3.76. The number of allylic oxidation sites excluding steroid dienone is 2. The van der Waals surface area contributed by atoms with Gasteiger partial charge < -0.3 is 4.74 Å². The average Bonchev–Trinajstić information content (AvgIpc) is 2.17. The molecule has 0 atom stereocenters. The molecule has 0 radical (unpaired) electrons. The Morgan fingerprint density at radius 3 is 2.64 bits per heavy atom. The maximum absolute atomic E-state index is 5.17. The largest absolute Gasteiger partial charge is 0.497 e. The molecule has 1 aromatic rings. The summed E-state index contributed by atoms with van der Waals surface area (Å²) in [6, 6.07) is 6.01. The van der Waals surface area contributed by atoms with E-state index in [-0.39, 0.29) is 0 Å². The first-order chi connectivity index (χ1) is 6.69. The Morgan fingerprint density at radius 1 is 1.43 bits per heavy atom. The molecule has 74 valence electrons. The lowest BCUT2D eigenvalue weighted by atomic mass is 10.0. The second kappa shape index (κ2) is 4.66. The fourth-order valence-electron chi connectivity index (χ4n) is 1.37. The van der Waals surface area contributed by atoms with Gasteiger partial charge in [0.2, 0.25) is 0 Å². The van der Waals surface area contributed by atoms with E-state index < -0.39 is 0 Å². The highest BCUT2D eigenvalue weighted by atomic mass is 16.5. The van der Waals surface area contributed by atoms with Crippen LogP contribution in [0.3, 0.4) is 0 Å². The molecule has 0 aliphatic rings. The van der Waals surface area contributed by atoms with E-state index in [4.69, 9.17) is 4.74 Å². The van der Waals surface area contributed by atoms with Crippen molar-refractivity contribution >= 4 is 11.6 Å². The van der Waals surface area contributed by atoms with E-state index >= 15 is 0 Å². The van der Waals surface area contributed by atoms with Crippen molar-refractivity contribution < 1.29 is 4.74 Å². The van der Waals surface area contributed by atoms with Crippen molar-refractivity contribution in [1.82, 2.24) is 0 Å². The molecular weight excluding hydrogens is 172 g/mol. The highest BCUT2D eigenvalue weighted by molar-refractivity contribution is 5.72. The van der Waals surface area contributed by atoms with Crippen LogP contribution in [-0.4, -0.2) is 7.11 Å². The molecule has 0 spiro atoms. The van der Waals surface area contributed by atoms with Gasteiger partial charge in [-0.25, -0.2) is 0 Å². The first-order valence-corrected chi connectivity index (χ1v) is 4.65. The van der Waals surface area contributed by atoms with Crippen molar-refractivity contribution in [2.45, 2.75) is 13.8 Å². The van der Waals surface area contributed by atoms with Gasteiger partial charge in [0.05, 0.1) is 7.11 Å². The third-order valence-electron chi connectivity index (χ3n) is 2.06. The van der Waals surface area contributed by atoms with Crippen LogP contribution in [0.4, 0.5) is 0 Å². The first-order valence-electron chi connectivity index (χ1n) is 4.65. The lowest BCUT2D eigenvalue weighted by Crippen LogP contribution is -1.88. The van der Waals surface area contributed by atoms with Gasteiger partial charge in [-0.3, -0.25) is 0 Å². The lowest BCUT2D eigenvalue weighted by Gasteiger charge is -2.07. The summed E-state index contributed by atoms with van der Waals surface area (Å²) < 4.78 is 5.17. The molecule has 0 bridgehead atoms. The molecule has 0 aliphatic carbocycles. The molecular formula is C13H16O. The fraction of sp³-hybridized carbons (Fsp3) is 0.231. The van der Waals surface area contributed by atoms with Gasteiger partial charge in [-0.15, -0.1) is 0 Å². The maximum atomic E-state index is 5.17. The number of benzene rings is 1. The molecule has 0 saturated heterocycles. The minimum absolute atomic E-state index is 0.878. The van der Waals surface area contributed by atoms with Gasteiger partial charge in [-0.2, -0.15) is 0 Å². The third kappa shape index (κ3) is 2.25. The summed E-state index contributed by atoms with van der Waals surface area (Å²) >= 11 is 0. The van der Waals surface area contributed by atoms with Crippen LogP contribution in [0, 0.1) is 0 Å². The van der Waals surface area contributed by atoms with Crippen molar-refractivity contribution in [3.05, 3.63) is 42.0 Å². The zero-order valence-electron chi connectivity index (χ0n) is 9.00. The van der Waals surface area contributed by atoms with Gasteiger partial charge in [-0.1, -0.05) is 30.4 Å². The summed E-state index contributed by atoms with van der Waals surface area (Å²) in [5, 5.41) is 0. The van der Waals surface area contributed by atoms with Crippen LogP contribution >= 0.6 is 0 Å². The van der Waals surface area contributed by atoms with E-state index in [1.807, 2.05) is 38.1 Å². The molecule has 0 saturated carbocycles. The number of methoxy groups -OCH3 is 1. The van der Waals surface area contributed by atoms with Crippen molar-refractivity contribution in [3.63, 3.8) is 0 Å². The zero-order chi connectivity index (χ0) is 10.6. The summed E-state index contributed by atoms with van der Waals surface area (Å²) in [7, 11) is 1.68. The minimum Gasteiger partial charge on any atom is -0.497 e. The van der Waals surface area contributed by atoms with Gasteiger partial charge in [0, 0.05) is 0 Å². The van der Waals surface area contributed by atoms with Crippen LogP contribution < -0.4 is 4.74 Å². The SMILES string of the molecule is C=C(C)c1ccc(OC)cc1/C=C\C. The van der Waals surface area contributed by atoms with Crippen LogP contribution in [-0.2, 0) is 0 Å². The molecule has 0 N–H and O–H groups in total. The summed E-state index contributed by atoms with van der Waals surface area (Å²) in [4.78, 5) is 0. The Bertz CT molecular complexity index is 361. The quantitative estimate of drug-likeness (QED) is 0.701. The molecule has 1 aromatic carbocycles. The van der Waals surface area contributed by atoms with Gasteiger partial charge in [0.15, 0.2) is 0 Å². The van der Waals surface area contributed by atoms with Crippen LogP contribution in [0.25, 0.3) is 11.6 Å². The summed E-state index contributed by atoms with van der Waals surface area (Å²) in [5.41, 5.74) is 3.39. The fourth-order valence-corrected chi connectivity index (χ4v) is 1.37. The lowest BCUT2D eigenvalue weighted by molar-refractivity contribution is 0.414. The molecule has 14 heavy (non-hydrogen) atoms. The maximum Gasteiger partial charge on any atom is 0.119 e. The number of rotatable bonds is 3. The van der Waals surface area contributed by atoms with Gasteiger partial charge in [0.1, 0.15) is 5.75 Å². The smallest absolute Gasteiger partial charge is 0.119 e. The molecule has 1 rings (SSSR count). The van der Waals surface area contributed by atoms with E-state index in [0.717, 1.165) is 16.9 Å². The Balaban J connectivity index is 3.23. The monoisotopic (exact) mass is 188 g/mol. The van der Waals surface area contributed by atoms with E-state index in [0.29, 0.717) is 0 Å². The van der Waals surface area contributed by atoms with Crippen molar-refractivity contribution in [3.8, 4) is 5.75 Å². The van der Waals surface area contributed by atoms with E-state index in [1.54, 1.807) is 7.11 Å². The Hall–Kier alpha value is -1.50. The van der Waals surface area contributed by atoms with Gasteiger partial charge >= 0.3 is 0 Å². The molecule has 0 fully saturated rings. The normalized spacial score (nSPS) is 10.5. The molecule has 0 unspecified atom stereocenters. The van der Waals surface area contributed by atoms with Crippen LogP contribution in [0.15, 0.2) is 30.9 Å². The molecule has 0 amide bonds. The van der Waals surface area contributed by atoms with E-state index in [9.17, 15) is 0 Å². The summed E-state index contributed by atoms with van der Waals surface area (Å²) in [5.74, 6) is 0.878. The van der Waals surface area contributed by atoms with Crippen molar-refractivity contribution in [1.29, 1.82) is 0 Å². The second-order valence-corrected chi connectivity index (χ2v) is 3.23.